The molecule has 2 heterocycles. The Morgan fingerprint density at radius 3 is 2.67 bits per heavy atom. The summed E-state index contributed by atoms with van der Waals surface area (Å²) in [5, 5.41) is 0.239. The molecule has 0 aliphatic carbocycles. The molecule has 0 aromatic heterocycles. The summed E-state index contributed by atoms with van der Waals surface area (Å²) in [4.78, 5) is 2.49. The highest BCUT2D eigenvalue weighted by atomic mass is 79.9. The van der Waals surface area contributed by atoms with Crippen molar-refractivity contribution < 1.29 is 17.9 Å². The van der Waals surface area contributed by atoms with Crippen LogP contribution in [0.25, 0.3) is 0 Å². The summed E-state index contributed by atoms with van der Waals surface area (Å²) in [5.41, 5.74) is 0. The molecule has 0 bridgehead atoms. The van der Waals surface area contributed by atoms with E-state index in [-0.39, 0.29) is 16.0 Å². The Bertz CT molecular complexity index is 996. The SMILES string of the molecule is O=S(=O)(NCC1CCN(CC2COc3ccc(Br)cc3O2)CC1)c1ccccc1Cl. The van der Waals surface area contributed by atoms with Crippen molar-refractivity contribution in [3.63, 3.8) is 0 Å². The van der Waals surface area contributed by atoms with Crippen molar-refractivity contribution in [1.82, 2.24) is 9.62 Å². The lowest BCUT2D eigenvalue weighted by Crippen LogP contribution is -2.45. The van der Waals surface area contributed by atoms with E-state index >= 15 is 0 Å². The first kappa shape index (κ1) is 21.9. The molecule has 9 heteroatoms. The van der Waals surface area contributed by atoms with Crippen LogP contribution in [0.15, 0.2) is 51.8 Å². The first-order valence-electron chi connectivity index (χ1n) is 9.96. The van der Waals surface area contributed by atoms with E-state index in [1.165, 1.54) is 6.07 Å². The van der Waals surface area contributed by atoms with E-state index in [1.54, 1.807) is 18.2 Å². The van der Waals surface area contributed by atoms with Crippen LogP contribution in [0.1, 0.15) is 12.8 Å². The zero-order valence-electron chi connectivity index (χ0n) is 16.4. The lowest BCUT2D eigenvalue weighted by molar-refractivity contribution is 0.0480. The minimum atomic E-state index is -3.59. The molecule has 2 aliphatic heterocycles. The number of hydrogen-bond acceptors (Lipinski definition) is 5. The van der Waals surface area contributed by atoms with Crippen molar-refractivity contribution in [3.8, 4) is 11.5 Å². The molecule has 30 heavy (non-hydrogen) atoms. The summed E-state index contributed by atoms with van der Waals surface area (Å²) in [6.45, 7) is 3.56. The van der Waals surface area contributed by atoms with Crippen LogP contribution in [-0.4, -0.2) is 52.2 Å². The molecule has 4 rings (SSSR count). The lowest BCUT2D eigenvalue weighted by atomic mass is 9.97. The van der Waals surface area contributed by atoms with Crippen molar-refractivity contribution in [2.24, 2.45) is 5.92 Å². The second-order valence-electron chi connectivity index (χ2n) is 7.67. The molecule has 2 aliphatic rings. The van der Waals surface area contributed by atoms with Gasteiger partial charge < -0.3 is 9.47 Å². The Morgan fingerprint density at radius 2 is 1.90 bits per heavy atom. The summed E-state index contributed by atoms with van der Waals surface area (Å²) < 4.78 is 40.6. The number of halogens is 2. The van der Waals surface area contributed by atoms with Crippen molar-refractivity contribution >= 4 is 37.6 Å². The van der Waals surface area contributed by atoms with Gasteiger partial charge in [-0.3, -0.25) is 4.90 Å². The number of ether oxygens (including phenoxy) is 2. The predicted octanol–water partition coefficient (Wildman–Crippen LogP) is 3.93. The second kappa shape index (κ2) is 9.44. The van der Waals surface area contributed by atoms with Crippen LogP contribution in [0.4, 0.5) is 0 Å². The number of rotatable bonds is 6. The van der Waals surface area contributed by atoms with E-state index in [1.807, 2.05) is 18.2 Å². The highest BCUT2D eigenvalue weighted by molar-refractivity contribution is 9.10. The normalized spacial score (nSPS) is 20.3. The molecule has 1 saturated heterocycles. The fraction of sp³-hybridized carbons (Fsp3) is 0.429. The molecule has 2 aromatic carbocycles. The summed E-state index contributed by atoms with van der Waals surface area (Å²) in [5.74, 6) is 1.85. The smallest absolute Gasteiger partial charge is 0.242 e. The van der Waals surface area contributed by atoms with Gasteiger partial charge in [0.05, 0.1) is 5.02 Å². The van der Waals surface area contributed by atoms with E-state index in [0.29, 0.717) is 19.1 Å². The van der Waals surface area contributed by atoms with Crippen LogP contribution in [0, 0.1) is 5.92 Å². The van der Waals surface area contributed by atoms with Crippen LogP contribution >= 0.6 is 27.5 Å². The van der Waals surface area contributed by atoms with Crippen LogP contribution in [-0.2, 0) is 10.0 Å². The standard InChI is InChI=1S/C21H24BrClN2O4S/c22-16-5-6-19-20(11-16)29-17(14-28-19)13-25-9-7-15(8-10-25)12-24-30(26,27)21-4-2-1-3-18(21)23/h1-6,11,15,17,24H,7-10,12-14H2. The zero-order chi connectivity index (χ0) is 21.1. The van der Waals surface area contributed by atoms with Gasteiger partial charge in [-0.2, -0.15) is 0 Å². The quantitative estimate of drug-likeness (QED) is 0.631. The number of sulfonamides is 1. The third-order valence-corrected chi connectivity index (χ3v) is 7.90. The molecule has 162 valence electrons. The highest BCUT2D eigenvalue weighted by Crippen LogP contribution is 2.34. The second-order valence-corrected chi connectivity index (χ2v) is 10.7. The van der Waals surface area contributed by atoms with Gasteiger partial charge in [0.1, 0.15) is 17.6 Å². The Kier molecular flexibility index (Phi) is 6.89. The van der Waals surface area contributed by atoms with Crippen molar-refractivity contribution in [2.45, 2.75) is 23.8 Å². The topological polar surface area (TPSA) is 67.9 Å². The van der Waals surface area contributed by atoms with Gasteiger partial charge in [-0.1, -0.05) is 39.7 Å². The Morgan fingerprint density at radius 1 is 1.13 bits per heavy atom. The molecule has 2 aromatic rings. The first-order chi connectivity index (χ1) is 14.4. The van der Waals surface area contributed by atoms with E-state index in [9.17, 15) is 8.42 Å². The molecule has 0 radical (unpaired) electrons. The maximum atomic E-state index is 12.5. The molecule has 1 fully saturated rings. The molecule has 6 nitrogen and oxygen atoms in total. The van der Waals surface area contributed by atoms with Crippen LogP contribution in [0.5, 0.6) is 11.5 Å². The summed E-state index contributed by atoms with van der Waals surface area (Å²) in [6, 6.07) is 12.3. The van der Waals surface area contributed by atoms with Gasteiger partial charge >= 0.3 is 0 Å². The monoisotopic (exact) mass is 514 g/mol. The van der Waals surface area contributed by atoms with Crippen molar-refractivity contribution in [3.05, 3.63) is 52.0 Å². The largest absolute Gasteiger partial charge is 0.486 e. The minimum absolute atomic E-state index is 0.0120. The summed E-state index contributed by atoms with van der Waals surface area (Å²) in [7, 11) is -3.59. The molecule has 0 amide bonds. The highest BCUT2D eigenvalue weighted by Gasteiger charge is 2.27. The molecular formula is C21H24BrClN2O4S. The number of benzene rings is 2. The maximum Gasteiger partial charge on any atom is 0.242 e. The number of likely N-dealkylation sites (tertiary alicyclic amines) is 1. The van der Waals surface area contributed by atoms with Gasteiger partial charge in [0.15, 0.2) is 11.5 Å². The number of fused-ring (bicyclic) bond motifs is 1. The van der Waals surface area contributed by atoms with Gasteiger partial charge in [0, 0.05) is 17.6 Å². The van der Waals surface area contributed by atoms with Gasteiger partial charge in [-0.25, -0.2) is 13.1 Å². The average Bonchev–Trinajstić information content (AvgIpc) is 2.73. The Labute approximate surface area is 190 Å². The van der Waals surface area contributed by atoms with Crippen LogP contribution in [0.3, 0.4) is 0 Å². The van der Waals surface area contributed by atoms with Crippen molar-refractivity contribution in [2.75, 3.05) is 32.8 Å². The third kappa shape index (κ3) is 5.29. The average molecular weight is 516 g/mol. The number of nitrogens with zero attached hydrogens (tertiary/aromatic N) is 1. The van der Waals surface area contributed by atoms with Crippen LogP contribution in [0.2, 0.25) is 5.02 Å². The summed E-state index contributed by atoms with van der Waals surface area (Å²) in [6.07, 6.45) is 1.85. The Balaban J connectivity index is 1.24. The number of hydrogen-bond donors (Lipinski definition) is 1. The van der Waals surface area contributed by atoms with Crippen LogP contribution < -0.4 is 14.2 Å². The van der Waals surface area contributed by atoms with Gasteiger partial charge in [0.2, 0.25) is 10.0 Å². The Hall–Kier alpha value is -1.32. The number of piperidine rings is 1. The molecule has 0 spiro atoms. The molecule has 1 atom stereocenters. The number of nitrogens with one attached hydrogen (secondary N) is 1. The third-order valence-electron chi connectivity index (χ3n) is 5.48. The summed E-state index contributed by atoms with van der Waals surface area (Å²) >= 11 is 9.49. The van der Waals surface area contributed by atoms with Crippen molar-refractivity contribution in [1.29, 1.82) is 0 Å². The predicted molar refractivity (Wildman–Crippen MR) is 120 cm³/mol. The zero-order valence-corrected chi connectivity index (χ0v) is 19.5. The molecule has 0 saturated carbocycles. The molecule has 1 unspecified atom stereocenters. The lowest BCUT2D eigenvalue weighted by Gasteiger charge is -2.35. The first-order valence-corrected chi connectivity index (χ1v) is 12.6. The van der Waals surface area contributed by atoms with E-state index < -0.39 is 10.0 Å². The van der Waals surface area contributed by atoms with Gasteiger partial charge in [-0.05, 0) is 62.2 Å². The fourth-order valence-corrected chi connectivity index (χ4v) is 5.78. The van der Waals surface area contributed by atoms with E-state index in [0.717, 1.165) is 48.4 Å². The molecular weight excluding hydrogens is 492 g/mol. The van der Waals surface area contributed by atoms with E-state index in [4.69, 9.17) is 21.1 Å². The molecule has 1 N–H and O–H groups in total. The van der Waals surface area contributed by atoms with Gasteiger partial charge in [0.25, 0.3) is 0 Å². The van der Waals surface area contributed by atoms with E-state index in [2.05, 4.69) is 25.6 Å². The fourth-order valence-electron chi connectivity index (χ4n) is 3.81. The maximum absolute atomic E-state index is 12.5. The van der Waals surface area contributed by atoms with Gasteiger partial charge in [-0.15, -0.1) is 0 Å². The minimum Gasteiger partial charge on any atom is -0.486 e.